The van der Waals surface area contributed by atoms with Crippen molar-refractivity contribution in [2.24, 2.45) is 0 Å². The molecular weight excluding hydrogens is 282 g/mol. The lowest BCUT2D eigenvalue weighted by molar-refractivity contribution is -0.129. The molecule has 1 saturated heterocycles. The number of hydrogen-bond acceptors (Lipinski definition) is 3. The summed E-state index contributed by atoms with van der Waals surface area (Å²) in [7, 11) is 0. The van der Waals surface area contributed by atoms with Gasteiger partial charge in [-0.1, -0.05) is 17.7 Å². The molecule has 1 amide bonds. The second-order valence-electron chi connectivity index (χ2n) is 4.50. The van der Waals surface area contributed by atoms with E-state index in [2.05, 4.69) is 0 Å². The van der Waals surface area contributed by atoms with Gasteiger partial charge in [-0.3, -0.25) is 9.59 Å². The maximum atomic E-state index is 12.0. The minimum atomic E-state index is 0.140. The predicted octanol–water partition coefficient (Wildman–Crippen LogP) is 3.26. The number of carbonyl (C=O) groups is 2. The molecule has 0 atom stereocenters. The zero-order valence-corrected chi connectivity index (χ0v) is 12.2. The first-order chi connectivity index (χ1) is 9.22. The average molecular weight is 298 g/mol. The van der Waals surface area contributed by atoms with Gasteiger partial charge in [-0.15, -0.1) is 11.8 Å². The first kappa shape index (κ1) is 14.4. The number of halogens is 1. The van der Waals surface area contributed by atoms with Gasteiger partial charge < -0.3 is 4.90 Å². The van der Waals surface area contributed by atoms with Crippen LogP contribution in [0.1, 0.15) is 29.6 Å². The number of benzene rings is 1. The molecule has 1 aliphatic rings. The summed E-state index contributed by atoms with van der Waals surface area (Å²) in [6.07, 6.45) is 4.14. The van der Waals surface area contributed by atoms with Gasteiger partial charge in [0.1, 0.15) is 0 Å². The van der Waals surface area contributed by atoms with E-state index in [1.807, 2.05) is 11.0 Å². The van der Waals surface area contributed by atoms with E-state index in [0.717, 1.165) is 37.1 Å². The number of thioether (sulfide) groups is 1. The van der Waals surface area contributed by atoms with E-state index in [1.54, 1.807) is 12.1 Å². The molecule has 1 fully saturated rings. The molecule has 1 aliphatic heterocycles. The third-order valence-electron chi connectivity index (χ3n) is 3.19. The Morgan fingerprint density at radius 3 is 2.74 bits per heavy atom. The third-order valence-corrected chi connectivity index (χ3v) is 4.58. The Kier molecular flexibility index (Phi) is 5.28. The molecule has 1 aromatic carbocycles. The van der Waals surface area contributed by atoms with E-state index in [9.17, 15) is 9.59 Å². The smallest absolute Gasteiger partial charge is 0.232 e. The minimum absolute atomic E-state index is 0.140. The number of likely N-dealkylation sites (tertiary alicyclic amines) is 1. The fourth-order valence-corrected chi connectivity index (χ4v) is 3.36. The van der Waals surface area contributed by atoms with Crippen molar-refractivity contribution in [3.63, 3.8) is 0 Å². The van der Waals surface area contributed by atoms with Crippen LogP contribution in [0.15, 0.2) is 23.1 Å². The van der Waals surface area contributed by atoms with Gasteiger partial charge in [0.05, 0.1) is 10.8 Å². The van der Waals surface area contributed by atoms with Crippen molar-refractivity contribution in [3.05, 3.63) is 28.8 Å². The number of nitrogens with zero attached hydrogens (tertiary/aromatic N) is 1. The van der Waals surface area contributed by atoms with Crippen LogP contribution in [-0.4, -0.2) is 35.9 Å². The number of carbonyl (C=O) groups excluding carboxylic acids is 2. The summed E-state index contributed by atoms with van der Waals surface area (Å²) in [6, 6.07) is 5.30. The fraction of sp³-hybridized carbons (Fsp3) is 0.429. The lowest BCUT2D eigenvalue weighted by Crippen LogP contribution is -2.36. The van der Waals surface area contributed by atoms with Crippen molar-refractivity contribution in [2.75, 3.05) is 18.8 Å². The van der Waals surface area contributed by atoms with Gasteiger partial charge in [0.2, 0.25) is 5.91 Å². The van der Waals surface area contributed by atoms with Gasteiger partial charge in [0.25, 0.3) is 0 Å². The van der Waals surface area contributed by atoms with Crippen LogP contribution in [0.2, 0.25) is 5.02 Å². The molecule has 0 aromatic heterocycles. The number of rotatable bonds is 4. The van der Waals surface area contributed by atoms with Gasteiger partial charge in [-0.05, 0) is 31.4 Å². The summed E-state index contributed by atoms with van der Waals surface area (Å²) < 4.78 is 0. The standard InChI is InChI=1S/C14H16ClNO2S/c15-12-5-4-6-13(11(12)9-17)19-10-14(18)16-7-2-1-3-8-16/h4-6,9H,1-3,7-8,10H2. The van der Waals surface area contributed by atoms with Crippen molar-refractivity contribution in [1.82, 2.24) is 4.90 Å². The molecule has 0 bridgehead atoms. The topological polar surface area (TPSA) is 37.4 Å². The number of piperidine rings is 1. The Morgan fingerprint density at radius 2 is 2.05 bits per heavy atom. The minimum Gasteiger partial charge on any atom is -0.342 e. The first-order valence-corrected chi connectivity index (χ1v) is 7.73. The van der Waals surface area contributed by atoms with Crippen LogP contribution in [-0.2, 0) is 4.79 Å². The number of amides is 1. The second-order valence-corrected chi connectivity index (χ2v) is 5.92. The highest BCUT2D eigenvalue weighted by atomic mass is 35.5. The average Bonchev–Trinajstić information content (AvgIpc) is 2.45. The highest BCUT2D eigenvalue weighted by Crippen LogP contribution is 2.27. The molecule has 0 radical (unpaired) electrons. The maximum absolute atomic E-state index is 12.0. The summed E-state index contributed by atoms with van der Waals surface area (Å²) in [4.78, 5) is 25.7. The zero-order chi connectivity index (χ0) is 13.7. The molecule has 3 nitrogen and oxygen atoms in total. The van der Waals surface area contributed by atoms with E-state index < -0.39 is 0 Å². The van der Waals surface area contributed by atoms with Crippen LogP contribution in [0.3, 0.4) is 0 Å². The summed E-state index contributed by atoms with van der Waals surface area (Å²) in [5.74, 6) is 0.503. The molecule has 2 rings (SSSR count). The zero-order valence-electron chi connectivity index (χ0n) is 10.6. The Morgan fingerprint density at radius 1 is 1.32 bits per heavy atom. The fourth-order valence-electron chi connectivity index (χ4n) is 2.13. The molecule has 102 valence electrons. The molecular formula is C14H16ClNO2S. The highest BCUT2D eigenvalue weighted by molar-refractivity contribution is 8.00. The van der Waals surface area contributed by atoms with Gasteiger partial charge in [0.15, 0.2) is 6.29 Å². The van der Waals surface area contributed by atoms with E-state index in [4.69, 9.17) is 11.6 Å². The van der Waals surface area contributed by atoms with Crippen molar-refractivity contribution >= 4 is 35.6 Å². The molecule has 1 aromatic rings. The quantitative estimate of drug-likeness (QED) is 0.632. The van der Waals surface area contributed by atoms with Crippen LogP contribution in [0.25, 0.3) is 0 Å². The van der Waals surface area contributed by atoms with E-state index in [-0.39, 0.29) is 5.91 Å². The largest absolute Gasteiger partial charge is 0.342 e. The van der Waals surface area contributed by atoms with Crippen molar-refractivity contribution in [1.29, 1.82) is 0 Å². The SMILES string of the molecule is O=Cc1c(Cl)cccc1SCC(=O)N1CCCCC1. The monoisotopic (exact) mass is 297 g/mol. The van der Waals surface area contributed by atoms with E-state index in [0.29, 0.717) is 16.3 Å². The summed E-state index contributed by atoms with van der Waals surface area (Å²) in [5, 5.41) is 0.436. The van der Waals surface area contributed by atoms with Gasteiger partial charge >= 0.3 is 0 Å². The number of aldehydes is 1. The molecule has 0 unspecified atom stereocenters. The molecule has 0 spiro atoms. The predicted molar refractivity (Wildman–Crippen MR) is 78.0 cm³/mol. The van der Waals surface area contributed by atoms with Gasteiger partial charge in [0, 0.05) is 23.5 Å². The number of hydrogen-bond donors (Lipinski definition) is 0. The molecule has 0 saturated carbocycles. The Labute approximate surface area is 122 Å². The Hall–Kier alpha value is -1.00. The molecule has 5 heteroatoms. The second kappa shape index (κ2) is 6.96. The van der Waals surface area contributed by atoms with E-state index in [1.165, 1.54) is 18.2 Å². The lowest BCUT2D eigenvalue weighted by atomic mass is 10.1. The van der Waals surface area contributed by atoms with Gasteiger partial charge in [-0.2, -0.15) is 0 Å². The Balaban J connectivity index is 1.96. The third kappa shape index (κ3) is 3.74. The first-order valence-electron chi connectivity index (χ1n) is 6.36. The molecule has 1 heterocycles. The van der Waals surface area contributed by atoms with Gasteiger partial charge in [-0.25, -0.2) is 0 Å². The van der Waals surface area contributed by atoms with Crippen molar-refractivity contribution in [3.8, 4) is 0 Å². The van der Waals surface area contributed by atoms with Crippen molar-refractivity contribution in [2.45, 2.75) is 24.2 Å². The van der Waals surface area contributed by atoms with Crippen LogP contribution in [0.4, 0.5) is 0 Å². The summed E-state index contributed by atoms with van der Waals surface area (Å²) in [5.41, 5.74) is 0.473. The summed E-state index contributed by atoms with van der Waals surface area (Å²) >= 11 is 7.33. The maximum Gasteiger partial charge on any atom is 0.232 e. The van der Waals surface area contributed by atoms with Crippen LogP contribution in [0.5, 0.6) is 0 Å². The highest BCUT2D eigenvalue weighted by Gasteiger charge is 2.17. The van der Waals surface area contributed by atoms with Crippen LogP contribution in [0, 0.1) is 0 Å². The normalized spacial score (nSPS) is 15.3. The van der Waals surface area contributed by atoms with Crippen LogP contribution >= 0.6 is 23.4 Å². The molecule has 0 N–H and O–H groups in total. The van der Waals surface area contributed by atoms with Crippen molar-refractivity contribution < 1.29 is 9.59 Å². The lowest BCUT2D eigenvalue weighted by Gasteiger charge is -2.26. The van der Waals surface area contributed by atoms with E-state index >= 15 is 0 Å². The molecule has 19 heavy (non-hydrogen) atoms. The molecule has 0 aliphatic carbocycles. The van der Waals surface area contributed by atoms with Crippen LogP contribution < -0.4 is 0 Å². The summed E-state index contributed by atoms with van der Waals surface area (Å²) in [6.45, 7) is 1.71. The Bertz CT molecular complexity index is 473.